The van der Waals surface area contributed by atoms with Gasteiger partial charge in [0.25, 0.3) is 5.91 Å². The number of nitriles is 1. The maximum absolute atomic E-state index is 12.4. The lowest BCUT2D eigenvalue weighted by Gasteiger charge is -2.18. The molecule has 0 saturated heterocycles. The van der Waals surface area contributed by atoms with Crippen molar-refractivity contribution in [2.24, 2.45) is 0 Å². The summed E-state index contributed by atoms with van der Waals surface area (Å²) in [6.45, 7) is 0. The fourth-order valence-corrected chi connectivity index (χ4v) is 1.97. The summed E-state index contributed by atoms with van der Waals surface area (Å²) in [5.41, 5.74) is 7.61. The standard InChI is InChI=1S/C15H12ClN3O/c1-19(12-4-2-3-10(7-12)9-17)15(20)13-8-11(16)5-6-14(13)18/h2-8H,18H2,1H3. The van der Waals surface area contributed by atoms with Gasteiger partial charge in [-0.15, -0.1) is 0 Å². The molecule has 0 spiro atoms. The lowest BCUT2D eigenvalue weighted by Crippen LogP contribution is -2.27. The van der Waals surface area contributed by atoms with Gasteiger partial charge in [-0.2, -0.15) is 5.26 Å². The van der Waals surface area contributed by atoms with Crippen molar-refractivity contribution in [1.82, 2.24) is 0 Å². The van der Waals surface area contributed by atoms with E-state index in [4.69, 9.17) is 22.6 Å². The molecule has 20 heavy (non-hydrogen) atoms. The molecule has 2 aromatic carbocycles. The van der Waals surface area contributed by atoms with Gasteiger partial charge in [0.1, 0.15) is 0 Å². The first-order valence-corrected chi connectivity index (χ1v) is 6.24. The molecule has 0 bridgehead atoms. The van der Waals surface area contributed by atoms with E-state index in [0.717, 1.165) is 0 Å². The second-order valence-electron chi connectivity index (χ2n) is 4.26. The maximum atomic E-state index is 12.4. The van der Waals surface area contributed by atoms with Crippen LogP contribution in [0.1, 0.15) is 15.9 Å². The lowest BCUT2D eigenvalue weighted by molar-refractivity contribution is 0.0994. The number of anilines is 2. The quantitative estimate of drug-likeness (QED) is 0.862. The van der Waals surface area contributed by atoms with E-state index in [0.29, 0.717) is 27.5 Å². The Hall–Kier alpha value is -2.51. The Morgan fingerprint density at radius 2 is 2.05 bits per heavy atom. The molecule has 0 aliphatic heterocycles. The van der Waals surface area contributed by atoms with E-state index >= 15 is 0 Å². The molecule has 4 nitrogen and oxygen atoms in total. The molecular formula is C15H12ClN3O. The van der Waals surface area contributed by atoms with Gasteiger partial charge in [-0.3, -0.25) is 4.79 Å². The zero-order valence-corrected chi connectivity index (χ0v) is 11.6. The molecule has 0 heterocycles. The van der Waals surface area contributed by atoms with E-state index in [-0.39, 0.29) is 5.91 Å². The fraction of sp³-hybridized carbons (Fsp3) is 0.0667. The van der Waals surface area contributed by atoms with Crippen molar-refractivity contribution in [2.75, 3.05) is 17.7 Å². The number of carbonyl (C=O) groups is 1. The summed E-state index contributed by atoms with van der Waals surface area (Å²) in [5.74, 6) is -0.278. The molecule has 2 rings (SSSR count). The van der Waals surface area contributed by atoms with E-state index in [1.165, 1.54) is 11.0 Å². The number of hydrogen-bond acceptors (Lipinski definition) is 3. The minimum absolute atomic E-state index is 0.278. The highest BCUT2D eigenvalue weighted by molar-refractivity contribution is 6.31. The third kappa shape index (κ3) is 2.73. The molecular weight excluding hydrogens is 274 g/mol. The van der Waals surface area contributed by atoms with Gasteiger partial charge in [-0.1, -0.05) is 17.7 Å². The summed E-state index contributed by atoms with van der Waals surface area (Å²) in [6, 6.07) is 13.6. The van der Waals surface area contributed by atoms with Crippen LogP contribution in [0.2, 0.25) is 5.02 Å². The fourth-order valence-electron chi connectivity index (χ4n) is 1.80. The van der Waals surface area contributed by atoms with Gasteiger partial charge < -0.3 is 10.6 Å². The van der Waals surface area contributed by atoms with E-state index in [1.807, 2.05) is 6.07 Å². The number of nitrogens with zero attached hydrogens (tertiary/aromatic N) is 2. The third-order valence-electron chi connectivity index (χ3n) is 2.91. The average molecular weight is 286 g/mol. The number of benzene rings is 2. The predicted octanol–water partition coefficient (Wildman–Crippen LogP) is 3.07. The minimum atomic E-state index is -0.278. The molecule has 0 aliphatic rings. The van der Waals surface area contributed by atoms with Crippen LogP contribution in [0.4, 0.5) is 11.4 Å². The molecule has 100 valence electrons. The van der Waals surface area contributed by atoms with Gasteiger partial charge in [0.2, 0.25) is 0 Å². The molecule has 0 aliphatic carbocycles. The van der Waals surface area contributed by atoms with Gasteiger partial charge in [0.05, 0.1) is 17.2 Å². The van der Waals surface area contributed by atoms with Crippen molar-refractivity contribution >= 4 is 28.9 Å². The summed E-state index contributed by atoms with van der Waals surface area (Å²) in [4.78, 5) is 13.9. The molecule has 0 atom stereocenters. The van der Waals surface area contributed by atoms with Crippen LogP contribution in [0, 0.1) is 11.3 Å². The molecule has 0 radical (unpaired) electrons. The Morgan fingerprint density at radius 1 is 1.30 bits per heavy atom. The Morgan fingerprint density at radius 3 is 2.75 bits per heavy atom. The lowest BCUT2D eigenvalue weighted by atomic mass is 10.1. The first-order valence-electron chi connectivity index (χ1n) is 5.86. The Balaban J connectivity index is 2.37. The summed E-state index contributed by atoms with van der Waals surface area (Å²) in [7, 11) is 1.62. The van der Waals surface area contributed by atoms with Gasteiger partial charge >= 0.3 is 0 Å². The number of amides is 1. The van der Waals surface area contributed by atoms with Crippen LogP contribution in [0.15, 0.2) is 42.5 Å². The molecule has 0 unspecified atom stereocenters. The number of carbonyl (C=O) groups excluding carboxylic acids is 1. The molecule has 0 saturated carbocycles. The van der Waals surface area contributed by atoms with Crippen LogP contribution in [-0.4, -0.2) is 13.0 Å². The van der Waals surface area contributed by atoms with Gasteiger partial charge in [0, 0.05) is 23.4 Å². The summed E-state index contributed by atoms with van der Waals surface area (Å²) >= 11 is 5.89. The van der Waals surface area contributed by atoms with E-state index < -0.39 is 0 Å². The van der Waals surface area contributed by atoms with E-state index in [1.54, 1.807) is 43.4 Å². The highest BCUT2D eigenvalue weighted by Gasteiger charge is 2.16. The van der Waals surface area contributed by atoms with Crippen molar-refractivity contribution in [3.8, 4) is 6.07 Å². The van der Waals surface area contributed by atoms with Gasteiger partial charge in [0.15, 0.2) is 0 Å². The topological polar surface area (TPSA) is 70.1 Å². The van der Waals surface area contributed by atoms with Crippen LogP contribution in [0.3, 0.4) is 0 Å². The molecule has 2 aromatic rings. The number of nitrogens with two attached hydrogens (primary N) is 1. The Labute approximate surface area is 122 Å². The summed E-state index contributed by atoms with van der Waals surface area (Å²) in [5, 5.41) is 9.34. The molecule has 2 N–H and O–H groups in total. The number of rotatable bonds is 2. The first-order chi connectivity index (χ1) is 9.52. The average Bonchev–Trinajstić information content (AvgIpc) is 2.48. The third-order valence-corrected chi connectivity index (χ3v) is 3.15. The Bertz CT molecular complexity index is 707. The van der Waals surface area contributed by atoms with Crippen molar-refractivity contribution < 1.29 is 4.79 Å². The minimum Gasteiger partial charge on any atom is -0.398 e. The maximum Gasteiger partial charge on any atom is 0.260 e. The molecule has 5 heteroatoms. The number of nitrogen functional groups attached to an aromatic ring is 1. The number of hydrogen-bond donors (Lipinski definition) is 1. The van der Waals surface area contributed by atoms with E-state index in [9.17, 15) is 4.79 Å². The highest BCUT2D eigenvalue weighted by Crippen LogP contribution is 2.22. The van der Waals surface area contributed by atoms with Crippen LogP contribution in [-0.2, 0) is 0 Å². The summed E-state index contributed by atoms with van der Waals surface area (Å²) in [6.07, 6.45) is 0. The van der Waals surface area contributed by atoms with E-state index in [2.05, 4.69) is 0 Å². The normalized spacial score (nSPS) is 9.85. The van der Waals surface area contributed by atoms with Crippen molar-refractivity contribution in [3.63, 3.8) is 0 Å². The SMILES string of the molecule is CN(C(=O)c1cc(Cl)ccc1N)c1cccc(C#N)c1. The van der Waals surface area contributed by atoms with Crippen LogP contribution in [0.25, 0.3) is 0 Å². The second kappa shape index (κ2) is 5.64. The molecule has 0 fully saturated rings. The predicted molar refractivity (Wildman–Crippen MR) is 79.8 cm³/mol. The van der Waals surface area contributed by atoms with Gasteiger partial charge in [-0.05, 0) is 36.4 Å². The summed E-state index contributed by atoms with van der Waals surface area (Å²) < 4.78 is 0. The zero-order chi connectivity index (χ0) is 14.7. The smallest absolute Gasteiger partial charge is 0.260 e. The van der Waals surface area contributed by atoms with Crippen molar-refractivity contribution in [2.45, 2.75) is 0 Å². The van der Waals surface area contributed by atoms with Crippen molar-refractivity contribution in [1.29, 1.82) is 5.26 Å². The van der Waals surface area contributed by atoms with Crippen LogP contribution < -0.4 is 10.6 Å². The molecule has 1 amide bonds. The zero-order valence-electron chi connectivity index (χ0n) is 10.8. The van der Waals surface area contributed by atoms with Gasteiger partial charge in [-0.25, -0.2) is 0 Å². The molecule has 0 aromatic heterocycles. The van der Waals surface area contributed by atoms with Crippen LogP contribution in [0.5, 0.6) is 0 Å². The van der Waals surface area contributed by atoms with Crippen molar-refractivity contribution in [3.05, 3.63) is 58.6 Å². The highest BCUT2D eigenvalue weighted by atomic mass is 35.5. The first kappa shape index (κ1) is 13.9. The largest absolute Gasteiger partial charge is 0.398 e. The van der Waals surface area contributed by atoms with Crippen LogP contribution >= 0.6 is 11.6 Å². The monoisotopic (exact) mass is 285 g/mol. The number of halogens is 1. The second-order valence-corrected chi connectivity index (χ2v) is 4.69. The Kier molecular flexibility index (Phi) is 3.92.